The molecule has 16 amide bonds. The summed E-state index contributed by atoms with van der Waals surface area (Å²) in [6.45, 7) is -4.59. The molecule has 0 fully saturated rings. The zero-order valence-corrected chi connectivity index (χ0v) is 71.7. The molecule has 6 aromatic rings. The highest BCUT2D eigenvalue weighted by atomic mass is 16.4. The molecule has 0 saturated heterocycles. The predicted molar refractivity (Wildman–Crippen MR) is 462 cm³/mol. The molecule has 14 atom stereocenters. The highest BCUT2D eigenvalue weighted by Crippen LogP contribution is 2.24. The Balaban J connectivity index is 1.17. The van der Waals surface area contributed by atoms with E-state index in [2.05, 4.69) is 84.1 Å². The van der Waals surface area contributed by atoms with Gasteiger partial charge in [0.15, 0.2) is 5.96 Å². The lowest BCUT2D eigenvalue weighted by Gasteiger charge is -2.29. The van der Waals surface area contributed by atoms with Crippen LogP contribution >= 0.6 is 0 Å². The second-order valence-corrected chi connectivity index (χ2v) is 30.7. The molecule has 3 aromatic carbocycles. The lowest BCUT2D eigenvalue weighted by molar-refractivity contribution is -0.143. The summed E-state index contributed by atoms with van der Waals surface area (Å²) < 4.78 is 0. The number of aliphatic hydroxyl groups is 6. The number of hydrogen-bond acceptors (Lipinski definition) is 27. The number of amides is 16. The Morgan fingerprint density at radius 1 is 0.364 bits per heavy atom. The van der Waals surface area contributed by atoms with Crippen LogP contribution in [0.4, 0.5) is 0 Å². The molecule has 51 heteroatoms. The molecule has 34 N–H and O–H groups in total. The number of carboxylic acid groups (broad SMARTS) is 3. The van der Waals surface area contributed by atoms with Crippen LogP contribution in [0.5, 0.6) is 0 Å². The Hall–Kier alpha value is -14.8. The molecule has 0 aliphatic rings. The minimum absolute atomic E-state index is 0.0479. The summed E-state index contributed by atoms with van der Waals surface area (Å²) in [5, 5.41) is 137. The van der Waals surface area contributed by atoms with Crippen molar-refractivity contribution in [1.82, 2.24) is 105 Å². The Morgan fingerprint density at radius 2 is 0.689 bits per heavy atom. The molecule has 0 unspecified atom stereocenters. The summed E-state index contributed by atoms with van der Waals surface area (Å²) in [5.74, 6) is -24.0. The highest BCUT2D eigenvalue weighted by Gasteiger charge is 2.39. The number of guanidine groups is 1. The summed E-state index contributed by atoms with van der Waals surface area (Å²) in [5.41, 5.74) is 14.2. The van der Waals surface area contributed by atoms with Crippen molar-refractivity contribution in [2.45, 2.75) is 163 Å². The number of aliphatic hydroxyl groups excluding tert-OH is 6. The van der Waals surface area contributed by atoms with Gasteiger partial charge in [0.25, 0.3) is 0 Å². The van der Waals surface area contributed by atoms with Crippen LogP contribution < -0.4 is 102 Å². The summed E-state index contributed by atoms with van der Waals surface area (Å²) in [4.78, 5) is 265. The molecule has 718 valence electrons. The van der Waals surface area contributed by atoms with Gasteiger partial charge in [-0.25, -0.2) is 4.79 Å². The van der Waals surface area contributed by atoms with E-state index in [0.29, 0.717) is 49.4 Å². The van der Waals surface area contributed by atoms with Gasteiger partial charge >= 0.3 is 17.9 Å². The second kappa shape index (κ2) is 52.6. The number of rotatable bonds is 56. The van der Waals surface area contributed by atoms with E-state index in [1.54, 1.807) is 86.6 Å². The predicted octanol–water partition coefficient (Wildman–Crippen LogP) is -11.2. The van der Waals surface area contributed by atoms with Crippen molar-refractivity contribution >= 4 is 151 Å². The molecule has 0 spiro atoms. The van der Waals surface area contributed by atoms with Gasteiger partial charge in [-0.3, -0.25) is 91.7 Å². The number of benzene rings is 3. The third-order valence-electron chi connectivity index (χ3n) is 20.1. The van der Waals surface area contributed by atoms with Crippen LogP contribution in [0.25, 0.3) is 32.7 Å². The summed E-state index contributed by atoms with van der Waals surface area (Å²) in [6.07, 6.45) is -1.60. The monoisotopic (exact) mass is 1850 g/mol. The van der Waals surface area contributed by atoms with Crippen LogP contribution in [-0.2, 0) is 110 Å². The number of hydrogen-bond donors (Lipinski definition) is 32. The number of nitrogens with one attached hydrogen (secondary N) is 21. The first kappa shape index (κ1) is 106. The quantitative estimate of drug-likeness (QED) is 0.00958. The van der Waals surface area contributed by atoms with E-state index in [9.17, 15) is 117 Å². The number of fused-ring (bicyclic) bond motifs is 3. The van der Waals surface area contributed by atoms with Gasteiger partial charge in [0.2, 0.25) is 94.5 Å². The average Bonchev–Trinajstić information content (AvgIpc) is 1.64. The molecular weight excluding hydrogens is 1740 g/mol. The first-order valence-corrected chi connectivity index (χ1v) is 41.3. The minimum Gasteiger partial charge on any atom is -0.481 e. The van der Waals surface area contributed by atoms with E-state index in [-0.39, 0.29) is 38.6 Å². The summed E-state index contributed by atoms with van der Waals surface area (Å²) in [7, 11) is 0. The van der Waals surface area contributed by atoms with E-state index in [1.165, 1.54) is 18.6 Å². The van der Waals surface area contributed by atoms with Gasteiger partial charge in [-0.15, -0.1) is 0 Å². The fourth-order valence-corrected chi connectivity index (χ4v) is 13.2. The maximum Gasteiger partial charge on any atom is 0.328 e. The average molecular weight is 1850 g/mol. The minimum atomic E-state index is -2.04. The van der Waals surface area contributed by atoms with E-state index in [1.807, 2.05) is 21.3 Å². The van der Waals surface area contributed by atoms with Crippen molar-refractivity contribution in [3.05, 3.63) is 108 Å². The Bertz CT molecular complexity index is 5110. The Labute approximate surface area is 750 Å². The first-order valence-electron chi connectivity index (χ1n) is 41.3. The largest absolute Gasteiger partial charge is 0.481 e. The number of H-pyrrole nitrogens is 3. The summed E-state index contributed by atoms with van der Waals surface area (Å²) in [6, 6.07) is -2.69. The number of carbonyl (C=O) groups excluding carboxylic acids is 16. The van der Waals surface area contributed by atoms with Crippen molar-refractivity contribution < 1.29 is 137 Å². The normalized spacial score (nSPS) is 14.3. The lowest BCUT2D eigenvalue weighted by atomic mass is 10.00. The highest BCUT2D eigenvalue weighted by molar-refractivity contribution is 6.02. The number of nitrogens with two attached hydrogens (primary N) is 2. The number of aromatic amines is 3. The summed E-state index contributed by atoms with van der Waals surface area (Å²) >= 11 is 0. The lowest BCUT2D eigenvalue weighted by Crippen LogP contribution is -2.62. The van der Waals surface area contributed by atoms with Gasteiger partial charge in [0.1, 0.15) is 78.5 Å². The molecule has 132 heavy (non-hydrogen) atoms. The third-order valence-corrected chi connectivity index (χ3v) is 20.1. The van der Waals surface area contributed by atoms with Gasteiger partial charge in [-0.1, -0.05) is 68.4 Å². The van der Waals surface area contributed by atoms with E-state index in [4.69, 9.17) is 27.1 Å². The van der Waals surface area contributed by atoms with Crippen molar-refractivity contribution in [1.29, 1.82) is 5.41 Å². The van der Waals surface area contributed by atoms with Crippen molar-refractivity contribution in [3.8, 4) is 0 Å². The maximum absolute atomic E-state index is 15.1. The Kier molecular flexibility index (Phi) is 42.2. The van der Waals surface area contributed by atoms with Gasteiger partial charge in [-0.05, 0) is 73.4 Å². The van der Waals surface area contributed by atoms with Crippen LogP contribution in [0, 0.1) is 11.3 Å². The first-order chi connectivity index (χ1) is 62.7. The molecule has 0 saturated carbocycles. The van der Waals surface area contributed by atoms with Crippen LogP contribution in [-0.4, -0.2) is 330 Å². The molecule has 0 radical (unpaired) electrons. The standard InChI is InChI=1S/C81H111N23O28/c1-38(2)21-52(75(126)100-53(22-40-26-86-47-14-7-4-11-43(40)47)69(120)89-29-61(111)93-57(34-106)70(121)90-30-62(112)94-58(35-107)71(122)91-31-63(113)95-59(36-108)72(123)92-32-64(114)96-60(37-109)80(131)132)103-79(130)67(39(3)110)104-74(125)51(18-19-65(115)116)98-77(128)54(23-41-27-87-48-15-8-5-12-44(41)48)101-73(124)50(17-10-20-85-81(83)84)97-76(127)55(24-42-28-88-49-16-9-6-13-45(42)49)102-78(129)56(25-66(117)118)99-68(119)46(82)33-105/h4-9,11-16,26-28,38-39,46,50-60,67,86-88,105-110H,10,17-25,29-37,82H2,1-3H3,(H,89,120)(H,90,121)(H,91,122)(H,92,123)(H,93,111)(H,94,112)(H,95,113)(H,96,114)(H,97,127)(H,98,128)(H,99,119)(H,100,126)(H,101,124)(H,102,129)(H,103,130)(H,104,125)(H,115,116)(H,117,118)(H,131,132)(H4,83,84,85)/t39-,46+,50+,51+,52+,53+,54+,55+,56+,57+,58+,59+,60+,67+/m1/s1. The van der Waals surface area contributed by atoms with E-state index in [0.717, 1.165) is 6.92 Å². The number of carboxylic acids is 3. The van der Waals surface area contributed by atoms with Crippen molar-refractivity contribution in [3.63, 3.8) is 0 Å². The molecule has 6 rings (SSSR count). The fourth-order valence-electron chi connectivity index (χ4n) is 13.2. The topological polar surface area (TPSA) is 834 Å². The van der Waals surface area contributed by atoms with Gasteiger partial charge < -0.3 is 163 Å². The molecule has 51 nitrogen and oxygen atoms in total. The number of carbonyl (C=O) groups is 19. The van der Waals surface area contributed by atoms with Gasteiger partial charge in [-0.2, -0.15) is 0 Å². The van der Waals surface area contributed by atoms with Crippen LogP contribution in [0.2, 0.25) is 0 Å². The van der Waals surface area contributed by atoms with Crippen molar-refractivity contribution in [2.24, 2.45) is 17.4 Å². The maximum atomic E-state index is 15.1. The van der Waals surface area contributed by atoms with E-state index >= 15 is 9.59 Å². The van der Waals surface area contributed by atoms with Gasteiger partial charge in [0.05, 0.1) is 71.7 Å². The molecule has 3 heterocycles. The second-order valence-electron chi connectivity index (χ2n) is 30.7. The molecule has 3 aromatic heterocycles. The smallest absolute Gasteiger partial charge is 0.328 e. The molecule has 0 aliphatic carbocycles. The molecule has 0 aliphatic heterocycles. The molecule has 0 bridgehead atoms. The fraction of sp³-hybridized carbons (Fsp3) is 0.457. The zero-order valence-electron chi connectivity index (χ0n) is 71.7. The van der Waals surface area contributed by atoms with Crippen LogP contribution in [0.3, 0.4) is 0 Å². The van der Waals surface area contributed by atoms with E-state index < -0.39 is 294 Å². The zero-order chi connectivity index (χ0) is 97.6. The van der Waals surface area contributed by atoms with Crippen molar-refractivity contribution in [2.75, 3.05) is 65.8 Å². The molecular formula is C81H111N23O28. The number of aliphatic carboxylic acids is 3. The number of aromatic nitrogens is 3. The van der Waals surface area contributed by atoms with Gasteiger partial charge in [0, 0.05) is 83.5 Å². The van der Waals surface area contributed by atoms with Crippen LogP contribution in [0.1, 0.15) is 76.0 Å². The number of para-hydroxylation sites is 3. The SMILES string of the molecule is CC(C)C[C@H](NC(=O)[C@@H](NC(=O)[C@H](CCC(=O)O)NC(=O)[C@H](Cc1c[nH]c2ccccc12)NC(=O)[C@H](CCCNC(=N)N)NC(=O)[C@H](Cc1c[nH]c2ccccc12)NC(=O)[C@H](CC(=O)O)NC(=O)[C@@H](N)CO)[C@@H](C)O)C(=O)N[C@@H](Cc1c[nH]c2ccccc12)C(=O)NCC(=O)N[C@@H](CO)C(=O)NCC(=O)N[C@@H](CO)C(=O)NCC(=O)N[C@@H](CO)C(=O)NCC(=O)N[C@@H](CO)C(=O)O. The van der Waals surface area contributed by atoms with Crippen LogP contribution in [0.15, 0.2) is 91.4 Å². The Morgan fingerprint density at radius 3 is 1.05 bits per heavy atom. The third kappa shape index (κ3) is 33.7.